The molecule has 0 spiro atoms. The van der Waals surface area contributed by atoms with Gasteiger partial charge in [-0.05, 0) is 48.5 Å². The largest absolute Gasteiger partial charge is 0.298 e. The van der Waals surface area contributed by atoms with E-state index in [-0.39, 0.29) is 0 Å². The molecule has 0 aliphatic rings. The summed E-state index contributed by atoms with van der Waals surface area (Å²) in [6, 6.07) is 20.0. The van der Waals surface area contributed by atoms with Gasteiger partial charge in [0.05, 0.1) is 21.1 Å². The number of carbonyl (C=O) groups excluding carboxylic acids is 2. The molecule has 0 amide bonds. The minimum atomic E-state index is 0.737. The van der Waals surface area contributed by atoms with Crippen LogP contribution in [-0.4, -0.2) is 22.5 Å². The Morgan fingerprint density at radius 1 is 0.611 bits per heavy atom. The molecule has 0 saturated carbocycles. The highest BCUT2D eigenvalue weighted by Crippen LogP contribution is 2.39. The Kier molecular flexibility index (Phi) is 6.41. The summed E-state index contributed by atoms with van der Waals surface area (Å²) in [5.41, 5.74) is 3.26. The van der Waals surface area contributed by atoms with Gasteiger partial charge in [-0.15, -0.1) is 45.3 Å². The number of carbonyl (C=O) groups is 2. The molecular formula is C28H18N2O2S4. The minimum Gasteiger partial charge on any atom is -0.298 e. The van der Waals surface area contributed by atoms with Gasteiger partial charge in [-0.3, -0.25) is 19.6 Å². The molecule has 0 N–H and O–H groups in total. The van der Waals surface area contributed by atoms with Gasteiger partial charge in [-0.2, -0.15) is 0 Å². The molecule has 6 aromatic rings. The monoisotopic (exact) mass is 542 g/mol. The molecule has 0 aromatic carbocycles. The van der Waals surface area contributed by atoms with Crippen LogP contribution in [0.4, 0.5) is 0 Å². The van der Waals surface area contributed by atoms with Gasteiger partial charge < -0.3 is 0 Å². The van der Waals surface area contributed by atoms with Crippen LogP contribution in [0.2, 0.25) is 0 Å². The lowest BCUT2D eigenvalue weighted by molar-refractivity contribution is 0.111. The van der Waals surface area contributed by atoms with Gasteiger partial charge in [0.2, 0.25) is 0 Å². The Balaban J connectivity index is 1.23. The molecule has 176 valence electrons. The number of thiophene rings is 4. The van der Waals surface area contributed by atoms with E-state index in [4.69, 9.17) is 0 Å². The van der Waals surface area contributed by atoms with Crippen molar-refractivity contribution in [2.75, 3.05) is 0 Å². The highest BCUT2D eigenvalue weighted by molar-refractivity contribution is 7.28. The van der Waals surface area contributed by atoms with Gasteiger partial charge >= 0.3 is 0 Å². The predicted octanol–water partition coefficient (Wildman–Crippen LogP) is 8.02. The Labute approximate surface area is 223 Å². The number of aromatic nitrogens is 2. The fourth-order valence-corrected chi connectivity index (χ4v) is 8.97. The van der Waals surface area contributed by atoms with Crippen LogP contribution >= 0.6 is 45.3 Å². The average Bonchev–Trinajstić information content (AvgIpc) is 3.68. The zero-order valence-electron chi connectivity index (χ0n) is 18.8. The summed E-state index contributed by atoms with van der Waals surface area (Å²) in [6.45, 7) is 0. The van der Waals surface area contributed by atoms with Crippen molar-refractivity contribution in [3.8, 4) is 21.1 Å². The predicted molar refractivity (Wildman–Crippen MR) is 151 cm³/mol. The van der Waals surface area contributed by atoms with Crippen LogP contribution in [0.5, 0.6) is 0 Å². The first-order valence-electron chi connectivity index (χ1n) is 11.2. The number of pyridine rings is 2. The van der Waals surface area contributed by atoms with Crippen molar-refractivity contribution in [1.29, 1.82) is 0 Å². The van der Waals surface area contributed by atoms with Gasteiger partial charge in [-0.25, -0.2) is 0 Å². The third kappa shape index (κ3) is 4.60. The maximum atomic E-state index is 11.7. The number of nitrogens with zero attached hydrogens (tertiary/aromatic N) is 2. The van der Waals surface area contributed by atoms with E-state index < -0.39 is 0 Å². The van der Waals surface area contributed by atoms with Gasteiger partial charge in [0.25, 0.3) is 0 Å². The third-order valence-corrected chi connectivity index (χ3v) is 10.4. The maximum absolute atomic E-state index is 11.7. The summed E-state index contributed by atoms with van der Waals surface area (Å²) in [5, 5.41) is 0. The molecule has 0 unspecified atom stereocenters. The number of hydrogen-bond donors (Lipinski definition) is 0. The Morgan fingerprint density at radius 3 is 1.47 bits per heavy atom. The number of rotatable bonds is 8. The number of fused-ring (bicyclic) bond motifs is 1. The standard InChI is InChI=1S/C28H18N2O2S4/c31-15-17-9-25(21-5-1-3-7-29-21)35-23(17)11-19-13-27-28(33-19)14-20(34-27)12-24-18(16-32)10-26(36-24)22-6-2-4-8-30-22/h1-10,13-16H,11-12H2. The molecule has 0 atom stereocenters. The Hall–Kier alpha value is -3.30. The number of hydrogen-bond acceptors (Lipinski definition) is 8. The second kappa shape index (κ2) is 9.99. The van der Waals surface area contributed by atoms with Crippen LogP contribution in [0.15, 0.2) is 73.1 Å². The molecular weight excluding hydrogens is 525 g/mol. The first-order chi connectivity index (χ1) is 17.7. The molecule has 8 heteroatoms. The van der Waals surface area contributed by atoms with E-state index in [1.165, 1.54) is 19.2 Å². The molecule has 6 rings (SSSR count). The molecule has 0 radical (unpaired) electrons. The zero-order chi connectivity index (χ0) is 24.5. The van der Waals surface area contributed by atoms with Gasteiger partial charge in [-0.1, -0.05) is 12.1 Å². The van der Waals surface area contributed by atoms with E-state index in [1.807, 2.05) is 48.5 Å². The van der Waals surface area contributed by atoms with Gasteiger partial charge in [0.15, 0.2) is 12.6 Å². The van der Waals surface area contributed by atoms with Crippen molar-refractivity contribution >= 4 is 67.3 Å². The van der Waals surface area contributed by atoms with Crippen molar-refractivity contribution in [1.82, 2.24) is 9.97 Å². The van der Waals surface area contributed by atoms with Crippen molar-refractivity contribution < 1.29 is 9.59 Å². The third-order valence-electron chi connectivity index (χ3n) is 5.75. The number of aldehydes is 2. The highest BCUT2D eigenvalue weighted by Gasteiger charge is 2.16. The highest BCUT2D eigenvalue weighted by atomic mass is 32.1. The molecule has 6 heterocycles. The van der Waals surface area contributed by atoms with Crippen LogP contribution in [0, 0.1) is 0 Å². The normalized spacial score (nSPS) is 11.2. The SMILES string of the molecule is O=Cc1cc(-c2ccccn2)sc1Cc1cc2sc(Cc3sc(-c4ccccn4)cc3C=O)cc2s1. The Morgan fingerprint density at radius 2 is 1.08 bits per heavy atom. The summed E-state index contributed by atoms with van der Waals surface area (Å²) in [5.74, 6) is 0. The molecule has 36 heavy (non-hydrogen) atoms. The first-order valence-corrected chi connectivity index (χ1v) is 14.5. The maximum Gasteiger partial charge on any atom is 0.151 e. The van der Waals surface area contributed by atoms with E-state index in [9.17, 15) is 9.59 Å². The summed E-state index contributed by atoms with van der Waals surface area (Å²) in [7, 11) is 0. The lowest BCUT2D eigenvalue weighted by atomic mass is 10.2. The van der Waals surface area contributed by atoms with Gasteiger partial charge in [0.1, 0.15) is 0 Å². The van der Waals surface area contributed by atoms with Crippen molar-refractivity contribution in [2.45, 2.75) is 12.8 Å². The van der Waals surface area contributed by atoms with Gasteiger partial charge in [0, 0.05) is 65.3 Å². The van der Waals surface area contributed by atoms with Crippen LogP contribution in [0.1, 0.15) is 40.2 Å². The van der Waals surface area contributed by atoms with Crippen LogP contribution < -0.4 is 0 Å². The van der Waals surface area contributed by atoms with E-state index >= 15 is 0 Å². The zero-order valence-corrected chi connectivity index (χ0v) is 22.1. The van der Waals surface area contributed by atoms with Crippen LogP contribution in [0.3, 0.4) is 0 Å². The van der Waals surface area contributed by atoms with E-state index in [0.717, 1.165) is 67.4 Å². The fraction of sp³-hybridized carbons (Fsp3) is 0.0714. The topological polar surface area (TPSA) is 59.9 Å². The fourth-order valence-electron chi connectivity index (χ4n) is 4.06. The van der Waals surface area contributed by atoms with E-state index in [1.54, 1.807) is 57.7 Å². The van der Waals surface area contributed by atoms with Crippen molar-refractivity contribution in [3.05, 3.63) is 104 Å². The summed E-state index contributed by atoms with van der Waals surface area (Å²) >= 11 is 6.81. The minimum absolute atomic E-state index is 0.737. The molecule has 0 bridgehead atoms. The van der Waals surface area contributed by atoms with Crippen LogP contribution in [-0.2, 0) is 12.8 Å². The lowest BCUT2D eigenvalue weighted by Crippen LogP contribution is -1.86. The summed E-state index contributed by atoms with van der Waals surface area (Å²) in [6.07, 6.45) is 6.90. The van der Waals surface area contributed by atoms with Crippen molar-refractivity contribution in [2.24, 2.45) is 0 Å². The molecule has 0 saturated heterocycles. The Bertz CT molecular complexity index is 1520. The summed E-state index contributed by atoms with van der Waals surface area (Å²) < 4.78 is 2.49. The average molecular weight is 543 g/mol. The molecule has 4 nitrogen and oxygen atoms in total. The second-order valence-corrected chi connectivity index (χ2v) is 12.8. The molecule has 6 aromatic heterocycles. The van der Waals surface area contributed by atoms with E-state index in [0.29, 0.717) is 0 Å². The second-order valence-electron chi connectivity index (χ2n) is 8.15. The lowest BCUT2D eigenvalue weighted by Gasteiger charge is -1.97. The summed E-state index contributed by atoms with van der Waals surface area (Å²) in [4.78, 5) is 38.9. The quantitative estimate of drug-likeness (QED) is 0.183. The molecule has 0 aliphatic heterocycles. The first kappa shape index (κ1) is 23.1. The molecule has 0 aliphatic carbocycles. The molecule has 0 fully saturated rings. The van der Waals surface area contributed by atoms with Crippen molar-refractivity contribution in [3.63, 3.8) is 0 Å². The van der Waals surface area contributed by atoms with Crippen LogP contribution in [0.25, 0.3) is 30.5 Å². The smallest absolute Gasteiger partial charge is 0.151 e. The van der Waals surface area contributed by atoms with E-state index in [2.05, 4.69) is 22.1 Å².